The van der Waals surface area contributed by atoms with E-state index >= 15 is 4.39 Å². The van der Waals surface area contributed by atoms with Gasteiger partial charge in [-0.2, -0.15) is 29.1 Å². The van der Waals surface area contributed by atoms with Gasteiger partial charge in [0, 0.05) is 59.3 Å². The lowest BCUT2D eigenvalue weighted by Crippen LogP contribution is -2.55. The molecule has 0 radical (unpaired) electrons. The number of ether oxygens (including phenoxy) is 1. The second kappa shape index (κ2) is 9.96. The molecule has 3 heterocycles. The van der Waals surface area contributed by atoms with Gasteiger partial charge in [-0.3, -0.25) is 4.57 Å². The van der Waals surface area contributed by atoms with Crippen molar-refractivity contribution in [1.29, 1.82) is 0 Å². The summed E-state index contributed by atoms with van der Waals surface area (Å²) in [6.07, 6.45) is -5.36. The molecule has 1 saturated heterocycles. The quantitative estimate of drug-likeness (QED) is 0.262. The Kier molecular flexibility index (Phi) is 7.12. The second-order valence-corrected chi connectivity index (χ2v) is 12.4. The van der Waals surface area contributed by atoms with E-state index in [0.717, 1.165) is 18.2 Å². The van der Waals surface area contributed by atoms with E-state index in [0.29, 0.717) is 19.2 Å². The van der Waals surface area contributed by atoms with Crippen LogP contribution in [0.15, 0.2) is 38.9 Å². The van der Waals surface area contributed by atoms with Crippen LogP contribution in [-0.4, -0.2) is 53.7 Å². The van der Waals surface area contributed by atoms with Gasteiger partial charge >= 0.3 is 11.9 Å². The maximum atomic E-state index is 15.2. The Balaban J connectivity index is 1.87. The molecule has 0 amide bonds. The Bertz CT molecular complexity index is 1460. The predicted molar refractivity (Wildman–Crippen MR) is 138 cm³/mol. The van der Waals surface area contributed by atoms with Crippen LogP contribution in [0.1, 0.15) is 19.4 Å². The first-order valence-corrected chi connectivity index (χ1v) is 13.9. The molecular formula is C25H26ClF5N4O2S. The number of anilines is 1. The molecule has 0 bridgehead atoms. The largest absolute Gasteiger partial charge is 0.416 e. The number of thiol groups is 1. The number of halogens is 6. The van der Waals surface area contributed by atoms with Crippen molar-refractivity contribution in [2.75, 3.05) is 30.9 Å². The van der Waals surface area contributed by atoms with E-state index in [9.17, 15) is 22.4 Å². The summed E-state index contributed by atoms with van der Waals surface area (Å²) in [4.78, 5) is 19.6. The number of piperazine rings is 1. The third kappa shape index (κ3) is 4.87. The number of methoxy groups -OCH3 is 1. The molecule has 6 nitrogen and oxygen atoms in total. The highest BCUT2D eigenvalue weighted by atomic mass is 35.5. The predicted octanol–water partition coefficient (Wildman–Crippen LogP) is 4.98. The first-order chi connectivity index (χ1) is 17.9. The van der Waals surface area contributed by atoms with Gasteiger partial charge in [-0.15, -0.1) is 0 Å². The fraction of sp³-hybridized carbons (Fsp3) is 0.440. The second-order valence-electron chi connectivity index (χ2n) is 9.78. The Morgan fingerprint density at radius 1 is 1.05 bits per heavy atom. The van der Waals surface area contributed by atoms with Crippen LogP contribution in [0.3, 0.4) is 0 Å². The van der Waals surface area contributed by atoms with Gasteiger partial charge in [-0.05, 0) is 32.0 Å². The van der Waals surface area contributed by atoms with E-state index in [-0.39, 0.29) is 55.9 Å². The third-order valence-corrected chi connectivity index (χ3v) is 9.80. The van der Waals surface area contributed by atoms with Gasteiger partial charge in [0.1, 0.15) is 17.5 Å². The first-order valence-electron chi connectivity index (χ1n) is 12.0. The van der Waals surface area contributed by atoms with Crippen LogP contribution < -0.4 is 15.9 Å². The van der Waals surface area contributed by atoms with E-state index < -0.39 is 46.1 Å². The average molecular weight is 577 g/mol. The molecule has 0 saturated carbocycles. The molecule has 0 spiro atoms. The van der Waals surface area contributed by atoms with Crippen molar-refractivity contribution in [3.8, 4) is 0 Å². The maximum absolute atomic E-state index is 15.2. The highest BCUT2D eigenvalue weighted by Gasteiger charge is 2.37. The van der Waals surface area contributed by atoms with Crippen LogP contribution in [-0.2, 0) is 17.5 Å². The Labute approximate surface area is 223 Å². The molecule has 0 aliphatic carbocycles. The monoisotopic (exact) mass is 576 g/mol. The minimum atomic E-state index is -4.72. The van der Waals surface area contributed by atoms with E-state index in [2.05, 4.69) is 10.3 Å². The summed E-state index contributed by atoms with van der Waals surface area (Å²) in [5.41, 5.74) is -1.33. The summed E-state index contributed by atoms with van der Waals surface area (Å²) in [5.74, 6) is -1.65. The van der Waals surface area contributed by atoms with Crippen molar-refractivity contribution in [1.82, 2.24) is 14.9 Å². The van der Waals surface area contributed by atoms with Gasteiger partial charge in [0.15, 0.2) is 0 Å². The van der Waals surface area contributed by atoms with Gasteiger partial charge in [0.2, 0.25) is 0 Å². The number of rotatable bonds is 3. The zero-order valence-corrected chi connectivity index (χ0v) is 22.4. The van der Waals surface area contributed by atoms with E-state index in [4.69, 9.17) is 16.3 Å². The van der Waals surface area contributed by atoms with Crippen LogP contribution in [0, 0.1) is 11.6 Å². The molecule has 2 unspecified atom stereocenters. The van der Waals surface area contributed by atoms with Crippen molar-refractivity contribution in [2.45, 2.75) is 54.5 Å². The van der Waals surface area contributed by atoms with Crippen LogP contribution in [0.5, 0.6) is 0 Å². The third-order valence-electron chi connectivity index (χ3n) is 6.89. The molecule has 13 heteroatoms. The molecule has 206 valence electrons. The van der Waals surface area contributed by atoms with Gasteiger partial charge in [0.25, 0.3) is 0 Å². The average Bonchev–Trinajstić information content (AvgIpc) is 3.00. The first kappa shape index (κ1) is 27.2. The smallest absolute Gasteiger partial charge is 0.379 e. The zero-order valence-electron chi connectivity index (χ0n) is 20.7. The molecule has 2 aromatic carbocycles. The molecule has 5 rings (SSSR count). The lowest BCUT2D eigenvalue weighted by molar-refractivity contribution is -0.137. The van der Waals surface area contributed by atoms with E-state index in [1.807, 2.05) is 18.7 Å². The van der Waals surface area contributed by atoms with Crippen molar-refractivity contribution < 1.29 is 26.7 Å². The molecule has 2 aliphatic heterocycles. The van der Waals surface area contributed by atoms with Crippen LogP contribution in [0.2, 0.25) is 5.02 Å². The molecule has 38 heavy (non-hydrogen) atoms. The van der Waals surface area contributed by atoms with Crippen LogP contribution >= 0.6 is 22.5 Å². The summed E-state index contributed by atoms with van der Waals surface area (Å²) in [5, 5.41) is 3.16. The fourth-order valence-corrected chi connectivity index (χ4v) is 8.28. The Morgan fingerprint density at radius 2 is 1.74 bits per heavy atom. The number of hydrogen-bond donors (Lipinski definition) is 2. The number of aromatic nitrogens is 2. The number of benzene rings is 2. The number of alkyl halides is 3. The summed E-state index contributed by atoms with van der Waals surface area (Å²) < 4.78 is 78.7. The van der Waals surface area contributed by atoms with Gasteiger partial charge in [0.05, 0.1) is 28.8 Å². The van der Waals surface area contributed by atoms with Gasteiger partial charge in [-0.25, -0.2) is 13.6 Å². The van der Waals surface area contributed by atoms with Crippen molar-refractivity contribution >= 4 is 39.2 Å². The van der Waals surface area contributed by atoms with E-state index in [1.54, 1.807) is 0 Å². The highest BCUT2D eigenvalue weighted by molar-refractivity contribution is 8.17. The summed E-state index contributed by atoms with van der Waals surface area (Å²) in [6.45, 7) is 4.76. The minimum absolute atomic E-state index is 0.00410. The highest BCUT2D eigenvalue weighted by Crippen LogP contribution is 2.53. The molecule has 4 atom stereocenters. The van der Waals surface area contributed by atoms with Crippen molar-refractivity contribution in [3.05, 3.63) is 57.0 Å². The van der Waals surface area contributed by atoms with Gasteiger partial charge < -0.3 is 15.0 Å². The molecule has 3 aromatic rings. The zero-order chi connectivity index (χ0) is 27.5. The SMILES string of the molecule is COC1Cn2c(=O)nc(N3C[C@@H](C)N[C@@H](C)C3)c3cc(C(F)(F)F)cc(c32)[SH](c2cc(Cl)c(F)cc2F)C1. The summed E-state index contributed by atoms with van der Waals surface area (Å²) >= 11 is 5.98. The molecule has 2 aliphatic rings. The number of nitrogens with one attached hydrogen (secondary N) is 1. The van der Waals surface area contributed by atoms with Gasteiger partial charge in [-0.1, -0.05) is 11.6 Å². The topological polar surface area (TPSA) is 59.4 Å². The summed E-state index contributed by atoms with van der Waals surface area (Å²) in [6, 6.07) is 3.72. The minimum Gasteiger partial charge on any atom is -0.379 e. The normalized spacial score (nSPS) is 25.0. The summed E-state index contributed by atoms with van der Waals surface area (Å²) in [7, 11) is -0.472. The molecule has 1 N–H and O–H groups in total. The molecular weight excluding hydrogens is 551 g/mol. The van der Waals surface area contributed by atoms with Crippen molar-refractivity contribution in [3.63, 3.8) is 0 Å². The Hall–Kier alpha value is -2.41. The fourth-order valence-electron chi connectivity index (χ4n) is 5.32. The standard InChI is InChI=1S/C25H26ClF5N4O2S/c1-12-8-34(9-13(2)32-12)23-16-4-14(25(29,30)31)5-21-22(16)35(24(36)33-23)10-15(37-3)11-38(21)20-6-17(26)18(27)7-19(20)28/h4-7,12-13,15,32,38H,8-11H2,1-3H3/t12-,13+,15?. The lowest BCUT2D eigenvalue weighted by Gasteiger charge is -2.37. The number of nitrogens with zero attached hydrogens (tertiary/aromatic N) is 3. The lowest BCUT2D eigenvalue weighted by atomic mass is 10.1. The molecule has 1 aromatic heterocycles. The van der Waals surface area contributed by atoms with Crippen LogP contribution in [0.4, 0.5) is 27.8 Å². The number of hydrogen-bond acceptors (Lipinski definition) is 5. The van der Waals surface area contributed by atoms with Crippen molar-refractivity contribution in [2.24, 2.45) is 0 Å². The van der Waals surface area contributed by atoms with E-state index in [1.165, 1.54) is 11.7 Å². The Morgan fingerprint density at radius 3 is 2.37 bits per heavy atom. The van der Waals surface area contributed by atoms with Crippen LogP contribution in [0.25, 0.3) is 10.9 Å². The molecule has 1 fully saturated rings. The maximum Gasteiger partial charge on any atom is 0.416 e.